The van der Waals surface area contributed by atoms with E-state index >= 15 is 0 Å². The second-order valence-electron chi connectivity index (χ2n) is 4.46. The largest absolute Gasteiger partial charge is 0.399 e. The third-order valence-electron chi connectivity index (χ3n) is 2.87. The van der Waals surface area contributed by atoms with Crippen LogP contribution in [0.25, 0.3) is 10.2 Å². The quantitative estimate of drug-likeness (QED) is 0.720. The van der Waals surface area contributed by atoms with E-state index < -0.39 is 0 Å². The van der Waals surface area contributed by atoms with Crippen molar-refractivity contribution >= 4 is 38.3 Å². The summed E-state index contributed by atoms with van der Waals surface area (Å²) >= 11 is 1.34. The number of pyridine rings is 1. The van der Waals surface area contributed by atoms with Crippen LogP contribution < -0.4 is 16.6 Å². The van der Waals surface area contributed by atoms with Gasteiger partial charge in [-0.15, -0.1) is 0 Å². The molecule has 3 N–H and O–H groups in total. The van der Waals surface area contributed by atoms with E-state index in [1.165, 1.54) is 22.0 Å². The average Bonchev–Trinajstić information content (AvgIpc) is 2.82. The van der Waals surface area contributed by atoms with E-state index in [0.29, 0.717) is 10.8 Å². The van der Waals surface area contributed by atoms with E-state index in [1.807, 2.05) is 6.07 Å². The first-order chi connectivity index (χ1) is 10.1. The lowest BCUT2D eigenvalue weighted by molar-refractivity contribution is -0.116. The number of aromatic nitrogens is 2. The smallest absolute Gasteiger partial charge is 0.250 e. The Labute approximate surface area is 123 Å². The number of hydrogen-bond acceptors (Lipinski definition) is 5. The molecular formula is C14H12N4O2S. The van der Waals surface area contributed by atoms with E-state index in [9.17, 15) is 9.59 Å². The molecule has 0 aliphatic rings. The molecule has 0 unspecified atom stereocenters. The lowest BCUT2D eigenvalue weighted by Crippen LogP contribution is -2.26. The third-order valence-corrected chi connectivity index (χ3v) is 3.81. The Morgan fingerprint density at radius 1 is 1.33 bits per heavy atom. The van der Waals surface area contributed by atoms with Crippen LogP contribution in [-0.2, 0) is 11.3 Å². The lowest BCUT2D eigenvalue weighted by atomic mass is 10.3. The summed E-state index contributed by atoms with van der Waals surface area (Å²) in [4.78, 5) is 27.8. The number of rotatable bonds is 3. The maximum atomic E-state index is 11.9. The van der Waals surface area contributed by atoms with Gasteiger partial charge in [0.2, 0.25) is 5.91 Å². The molecular weight excluding hydrogens is 288 g/mol. The highest BCUT2D eigenvalue weighted by Gasteiger charge is 2.09. The van der Waals surface area contributed by atoms with Gasteiger partial charge >= 0.3 is 0 Å². The Hall–Kier alpha value is -2.67. The minimum atomic E-state index is -0.296. The van der Waals surface area contributed by atoms with Crippen LogP contribution in [0, 0.1) is 0 Å². The number of hydrogen-bond donors (Lipinski definition) is 2. The first kappa shape index (κ1) is 13.3. The molecule has 6 nitrogen and oxygen atoms in total. The van der Waals surface area contributed by atoms with Crippen molar-refractivity contribution in [3.63, 3.8) is 0 Å². The van der Waals surface area contributed by atoms with Gasteiger partial charge in [-0.25, -0.2) is 4.98 Å². The molecule has 21 heavy (non-hydrogen) atoms. The van der Waals surface area contributed by atoms with Crippen LogP contribution in [0.15, 0.2) is 47.4 Å². The van der Waals surface area contributed by atoms with Gasteiger partial charge in [0.15, 0.2) is 5.13 Å². The van der Waals surface area contributed by atoms with Crippen molar-refractivity contribution in [1.29, 1.82) is 0 Å². The van der Waals surface area contributed by atoms with Crippen molar-refractivity contribution in [2.45, 2.75) is 6.54 Å². The van der Waals surface area contributed by atoms with E-state index in [4.69, 9.17) is 5.73 Å². The molecule has 7 heteroatoms. The number of nitrogens with two attached hydrogens (primary N) is 1. The molecule has 0 spiro atoms. The number of fused-ring (bicyclic) bond motifs is 1. The van der Waals surface area contributed by atoms with Gasteiger partial charge in [-0.2, -0.15) is 0 Å². The van der Waals surface area contributed by atoms with E-state index in [0.717, 1.165) is 10.2 Å². The van der Waals surface area contributed by atoms with Gasteiger partial charge in [-0.3, -0.25) is 9.59 Å². The summed E-state index contributed by atoms with van der Waals surface area (Å²) < 4.78 is 2.24. The van der Waals surface area contributed by atoms with Crippen LogP contribution in [0.5, 0.6) is 0 Å². The molecule has 3 rings (SSSR count). The molecule has 0 radical (unpaired) electrons. The van der Waals surface area contributed by atoms with Gasteiger partial charge < -0.3 is 15.6 Å². The average molecular weight is 300 g/mol. The first-order valence-electron chi connectivity index (χ1n) is 6.23. The SMILES string of the molecule is Nc1ccc2nc(NC(=O)Cn3ccccc3=O)sc2c1. The summed E-state index contributed by atoms with van der Waals surface area (Å²) in [6.07, 6.45) is 1.57. The van der Waals surface area contributed by atoms with Crippen LogP contribution in [0.3, 0.4) is 0 Å². The molecule has 3 aromatic rings. The van der Waals surface area contributed by atoms with E-state index in [2.05, 4.69) is 10.3 Å². The van der Waals surface area contributed by atoms with Crippen molar-refractivity contribution in [2.24, 2.45) is 0 Å². The zero-order chi connectivity index (χ0) is 14.8. The zero-order valence-corrected chi connectivity index (χ0v) is 11.8. The highest BCUT2D eigenvalue weighted by atomic mass is 32.1. The molecule has 0 saturated carbocycles. The Morgan fingerprint density at radius 2 is 2.19 bits per heavy atom. The van der Waals surface area contributed by atoms with Gasteiger partial charge in [0.1, 0.15) is 6.54 Å². The van der Waals surface area contributed by atoms with Crippen LogP contribution in [0.4, 0.5) is 10.8 Å². The van der Waals surface area contributed by atoms with E-state index in [1.54, 1.807) is 30.5 Å². The predicted octanol–water partition coefficient (Wildman–Crippen LogP) is 1.68. The summed E-state index contributed by atoms with van der Waals surface area (Å²) in [6, 6.07) is 10.1. The molecule has 0 aliphatic carbocycles. The minimum Gasteiger partial charge on any atom is -0.399 e. The zero-order valence-electron chi connectivity index (χ0n) is 10.9. The number of benzene rings is 1. The lowest BCUT2D eigenvalue weighted by Gasteiger charge is -2.04. The second-order valence-corrected chi connectivity index (χ2v) is 5.49. The fourth-order valence-electron chi connectivity index (χ4n) is 1.90. The van der Waals surface area contributed by atoms with Gasteiger partial charge in [-0.1, -0.05) is 17.4 Å². The second kappa shape index (κ2) is 5.37. The number of thiazole rings is 1. The number of carbonyl (C=O) groups excluding carboxylic acids is 1. The highest BCUT2D eigenvalue weighted by molar-refractivity contribution is 7.22. The minimum absolute atomic E-state index is 0.0439. The number of nitrogen functional groups attached to an aromatic ring is 1. The van der Waals surface area contributed by atoms with Crippen LogP contribution >= 0.6 is 11.3 Å². The Kier molecular flexibility index (Phi) is 3.41. The van der Waals surface area contributed by atoms with Gasteiger partial charge in [0.25, 0.3) is 5.56 Å². The number of anilines is 2. The summed E-state index contributed by atoms with van der Waals surface area (Å²) in [5.74, 6) is -0.296. The van der Waals surface area contributed by atoms with Crippen LogP contribution in [0.2, 0.25) is 0 Å². The monoisotopic (exact) mass is 300 g/mol. The first-order valence-corrected chi connectivity index (χ1v) is 7.05. The van der Waals surface area contributed by atoms with Gasteiger partial charge in [-0.05, 0) is 24.3 Å². The normalized spacial score (nSPS) is 10.7. The molecule has 1 amide bonds. The number of carbonyl (C=O) groups is 1. The molecule has 0 fully saturated rings. The summed E-state index contributed by atoms with van der Waals surface area (Å²) in [5.41, 5.74) is 6.92. The number of nitrogens with zero attached hydrogens (tertiary/aromatic N) is 2. The Morgan fingerprint density at radius 3 is 3.00 bits per heavy atom. The van der Waals surface area contributed by atoms with E-state index in [-0.39, 0.29) is 18.0 Å². The molecule has 0 atom stereocenters. The topological polar surface area (TPSA) is 90.0 Å². The number of amides is 1. The van der Waals surface area contributed by atoms with Crippen LogP contribution in [0.1, 0.15) is 0 Å². The predicted molar refractivity (Wildman–Crippen MR) is 83.4 cm³/mol. The maximum Gasteiger partial charge on any atom is 0.250 e. The number of nitrogens with one attached hydrogen (secondary N) is 1. The van der Waals surface area contributed by atoms with Crippen molar-refractivity contribution in [1.82, 2.24) is 9.55 Å². The molecule has 0 aliphatic heterocycles. The summed E-state index contributed by atoms with van der Waals surface area (Å²) in [6.45, 7) is -0.0439. The Bertz CT molecular complexity index is 869. The molecule has 2 aromatic heterocycles. The molecule has 0 bridgehead atoms. The summed E-state index contributed by atoms with van der Waals surface area (Å²) in [7, 11) is 0. The fraction of sp³-hybridized carbons (Fsp3) is 0.0714. The van der Waals surface area contributed by atoms with Crippen LogP contribution in [-0.4, -0.2) is 15.5 Å². The van der Waals surface area contributed by atoms with Crippen molar-refractivity contribution in [3.05, 3.63) is 52.9 Å². The standard InChI is InChI=1S/C14H12N4O2S/c15-9-4-5-10-11(7-9)21-14(16-10)17-12(19)8-18-6-2-1-3-13(18)20/h1-7H,8,15H2,(H,16,17,19). The molecule has 0 saturated heterocycles. The van der Waals surface area contributed by atoms with Gasteiger partial charge in [0, 0.05) is 18.0 Å². The van der Waals surface area contributed by atoms with Crippen molar-refractivity contribution < 1.29 is 4.79 Å². The van der Waals surface area contributed by atoms with Crippen molar-refractivity contribution in [3.8, 4) is 0 Å². The highest BCUT2D eigenvalue weighted by Crippen LogP contribution is 2.27. The van der Waals surface area contributed by atoms with Gasteiger partial charge in [0.05, 0.1) is 10.2 Å². The summed E-state index contributed by atoms with van der Waals surface area (Å²) in [5, 5.41) is 3.18. The molecule has 106 valence electrons. The Balaban J connectivity index is 1.77. The fourth-order valence-corrected chi connectivity index (χ4v) is 2.83. The maximum absolute atomic E-state index is 11.9. The molecule has 1 aromatic carbocycles. The molecule has 2 heterocycles. The third kappa shape index (κ3) is 2.92. The van der Waals surface area contributed by atoms with Crippen molar-refractivity contribution in [2.75, 3.05) is 11.1 Å².